The summed E-state index contributed by atoms with van der Waals surface area (Å²) < 4.78 is 0. The predicted molar refractivity (Wildman–Crippen MR) is 129 cm³/mol. The van der Waals surface area contributed by atoms with Crippen LogP contribution < -0.4 is 5.32 Å². The number of hydrogen-bond acceptors (Lipinski definition) is 3. The van der Waals surface area contributed by atoms with Gasteiger partial charge >= 0.3 is 0 Å². The lowest BCUT2D eigenvalue weighted by atomic mass is 10.0. The van der Waals surface area contributed by atoms with Crippen LogP contribution in [0.25, 0.3) is 33.7 Å². The summed E-state index contributed by atoms with van der Waals surface area (Å²) in [4.78, 5) is 25.3. The van der Waals surface area contributed by atoms with E-state index < -0.39 is 0 Å². The molecule has 1 aliphatic rings. The van der Waals surface area contributed by atoms with Gasteiger partial charge in [0.1, 0.15) is 5.82 Å². The molecule has 5 nitrogen and oxygen atoms in total. The van der Waals surface area contributed by atoms with E-state index in [4.69, 9.17) is 4.98 Å². The molecule has 2 unspecified atom stereocenters. The SMILES string of the molecule is C=C1CC(C)CC1C(=O)Nc1ccc(-c2nc3cc(-c4ccc(C)cc4)ncc3[nH]2)cc1. The minimum absolute atomic E-state index is 0.0329. The van der Waals surface area contributed by atoms with Crippen molar-refractivity contribution in [2.45, 2.75) is 26.7 Å². The second kappa shape index (κ2) is 8.08. The first-order chi connectivity index (χ1) is 15.5. The van der Waals surface area contributed by atoms with Gasteiger partial charge in [-0.1, -0.05) is 48.9 Å². The van der Waals surface area contributed by atoms with Crippen molar-refractivity contribution in [3.63, 3.8) is 0 Å². The average molecular weight is 423 g/mol. The molecule has 32 heavy (non-hydrogen) atoms. The van der Waals surface area contributed by atoms with Crippen LogP contribution in [0.15, 0.2) is 72.9 Å². The summed E-state index contributed by atoms with van der Waals surface area (Å²) in [6.07, 6.45) is 3.63. The van der Waals surface area contributed by atoms with Gasteiger partial charge in [-0.05, 0) is 56.0 Å². The molecule has 1 saturated carbocycles. The third-order valence-electron chi connectivity index (χ3n) is 6.20. The number of nitrogens with one attached hydrogen (secondary N) is 2. The van der Waals surface area contributed by atoms with Crippen molar-refractivity contribution in [2.24, 2.45) is 11.8 Å². The normalized spacial score (nSPS) is 18.2. The first-order valence-corrected chi connectivity index (χ1v) is 11.0. The summed E-state index contributed by atoms with van der Waals surface area (Å²) >= 11 is 0. The fourth-order valence-corrected chi connectivity index (χ4v) is 4.40. The monoisotopic (exact) mass is 422 g/mol. The molecule has 2 aromatic heterocycles. The number of aryl methyl sites for hydroxylation is 1. The van der Waals surface area contributed by atoms with E-state index in [2.05, 4.69) is 60.0 Å². The number of hydrogen-bond donors (Lipinski definition) is 2. The van der Waals surface area contributed by atoms with Crippen LogP contribution >= 0.6 is 0 Å². The number of nitrogens with zero attached hydrogens (tertiary/aromatic N) is 2. The van der Waals surface area contributed by atoms with Crippen molar-refractivity contribution in [2.75, 3.05) is 5.32 Å². The number of H-pyrrole nitrogens is 1. The number of rotatable bonds is 4. The zero-order chi connectivity index (χ0) is 22.2. The number of benzene rings is 2. The first-order valence-electron chi connectivity index (χ1n) is 11.0. The molecule has 5 heteroatoms. The average Bonchev–Trinajstić information content (AvgIpc) is 3.36. The molecule has 1 amide bonds. The van der Waals surface area contributed by atoms with E-state index in [-0.39, 0.29) is 11.8 Å². The smallest absolute Gasteiger partial charge is 0.231 e. The van der Waals surface area contributed by atoms with Crippen LogP contribution in [0, 0.1) is 18.8 Å². The fourth-order valence-electron chi connectivity index (χ4n) is 4.40. The Kier molecular flexibility index (Phi) is 5.10. The highest BCUT2D eigenvalue weighted by molar-refractivity contribution is 5.95. The Bertz CT molecular complexity index is 1300. The molecule has 0 aliphatic heterocycles. The van der Waals surface area contributed by atoms with Gasteiger partial charge in [0.25, 0.3) is 0 Å². The fraction of sp³-hybridized carbons (Fsp3) is 0.222. The quantitative estimate of drug-likeness (QED) is 0.388. The Morgan fingerprint density at radius 1 is 1.09 bits per heavy atom. The summed E-state index contributed by atoms with van der Waals surface area (Å²) in [6.45, 7) is 8.31. The van der Waals surface area contributed by atoms with Crippen LogP contribution in [0.1, 0.15) is 25.3 Å². The van der Waals surface area contributed by atoms with Gasteiger partial charge in [0.2, 0.25) is 5.91 Å². The molecular formula is C27H26N4O. The lowest BCUT2D eigenvalue weighted by Gasteiger charge is -2.12. The Balaban J connectivity index is 1.34. The molecule has 0 bridgehead atoms. The number of anilines is 1. The van der Waals surface area contributed by atoms with Gasteiger partial charge in [-0.2, -0.15) is 0 Å². The summed E-state index contributed by atoms with van der Waals surface area (Å²) in [6, 6.07) is 18.1. The van der Waals surface area contributed by atoms with Crippen molar-refractivity contribution in [3.05, 3.63) is 78.5 Å². The standard InChI is InChI=1S/C27H26N4O/c1-16-4-6-19(7-5-16)23-14-24-25(15-28-23)31-26(30-24)20-8-10-21(11-9-20)29-27(32)22-13-17(2)12-18(22)3/h4-11,14-15,17,22H,3,12-13H2,1-2H3,(H,29,32)(H,30,31). The lowest BCUT2D eigenvalue weighted by molar-refractivity contribution is -0.118. The molecule has 1 fully saturated rings. The Labute approximate surface area is 187 Å². The molecule has 0 spiro atoms. The Hall–Kier alpha value is -3.73. The van der Waals surface area contributed by atoms with Gasteiger partial charge in [-0.15, -0.1) is 0 Å². The topological polar surface area (TPSA) is 70.7 Å². The van der Waals surface area contributed by atoms with E-state index in [0.29, 0.717) is 5.92 Å². The van der Waals surface area contributed by atoms with E-state index in [1.54, 1.807) is 0 Å². The maximum atomic E-state index is 12.6. The minimum Gasteiger partial charge on any atom is -0.337 e. The molecule has 160 valence electrons. The number of amides is 1. The number of fused-ring (bicyclic) bond motifs is 1. The van der Waals surface area contributed by atoms with Gasteiger partial charge in [0.15, 0.2) is 0 Å². The zero-order valence-corrected chi connectivity index (χ0v) is 18.4. The van der Waals surface area contributed by atoms with Crippen LogP contribution in [-0.2, 0) is 4.79 Å². The highest BCUT2D eigenvalue weighted by Gasteiger charge is 2.30. The third-order valence-corrected chi connectivity index (χ3v) is 6.20. The van der Waals surface area contributed by atoms with E-state index in [0.717, 1.165) is 57.8 Å². The van der Waals surface area contributed by atoms with E-state index >= 15 is 0 Å². The van der Waals surface area contributed by atoms with Crippen LogP contribution in [0.4, 0.5) is 5.69 Å². The number of aromatic nitrogens is 3. The van der Waals surface area contributed by atoms with Gasteiger partial charge in [0.05, 0.1) is 28.8 Å². The van der Waals surface area contributed by atoms with Crippen molar-refractivity contribution < 1.29 is 4.79 Å². The maximum Gasteiger partial charge on any atom is 0.231 e. The highest BCUT2D eigenvalue weighted by Crippen LogP contribution is 2.35. The van der Waals surface area contributed by atoms with Crippen LogP contribution in [0.2, 0.25) is 0 Å². The molecule has 1 aliphatic carbocycles. The van der Waals surface area contributed by atoms with Crippen molar-refractivity contribution >= 4 is 22.6 Å². The molecule has 4 aromatic rings. The largest absolute Gasteiger partial charge is 0.337 e. The lowest BCUT2D eigenvalue weighted by Crippen LogP contribution is -2.21. The summed E-state index contributed by atoms with van der Waals surface area (Å²) in [5, 5.41) is 3.03. The van der Waals surface area contributed by atoms with E-state index in [1.807, 2.05) is 36.5 Å². The zero-order valence-electron chi connectivity index (χ0n) is 18.4. The molecule has 5 rings (SSSR count). The molecule has 2 aromatic carbocycles. The summed E-state index contributed by atoms with van der Waals surface area (Å²) in [5.41, 5.74) is 7.73. The number of aromatic amines is 1. The Morgan fingerprint density at radius 3 is 2.50 bits per heavy atom. The molecule has 0 radical (unpaired) electrons. The predicted octanol–water partition coefficient (Wildman–Crippen LogP) is 6.14. The van der Waals surface area contributed by atoms with Crippen LogP contribution in [0.3, 0.4) is 0 Å². The molecule has 2 heterocycles. The molecule has 2 atom stereocenters. The number of pyridine rings is 1. The summed E-state index contributed by atoms with van der Waals surface area (Å²) in [5.74, 6) is 1.24. The van der Waals surface area contributed by atoms with Gasteiger partial charge in [-0.3, -0.25) is 9.78 Å². The maximum absolute atomic E-state index is 12.6. The number of carbonyl (C=O) groups is 1. The van der Waals surface area contributed by atoms with Crippen LogP contribution in [0.5, 0.6) is 0 Å². The van der Waals surface area contributed by atoms with Gasteiger partial charge in [0, 0.05) is 16.8 Å². The third kappa shape index (κ3) is 3.94. The molecule has 2 N–H and O–H groups in total. The second-order valence-electron chi connectivity index (χ2n) is 8.86. The second-order valence-corrected chi connectivity index (χ2v) is 8.86. The number of carbonyl (C=O) groups excluding carboxylic acids is 1. The minimum atomic E-state index is -0.0877. The first kappa shape index (κ1) is 20.2. The van der Waals surface area contributed by atoms with E-state index in [9.17, 15) is 4.79 Å². The Morgan fingerprint density at radius 2 is 1.81 bits per heavy atom. The number of imidazole rings is 1. The summed E-state index contributed by atoms with van der Waals surface area (Å²) in [7, 11) is 0. The van der Waals surface area contributed by atoms with Crippen LogP contribution in [-0.4, -0.2) is 20.9 Å². The van der Waals surface area contributed by atoms with Gasteiger partial charge < -0.3 is 10.3 Å². The molecular weight excluding hydrogens is 396 g/mol. The van der Waals surface area contributed by atoms with Crippen molar-refractivity contribution in [1.29, 1.82) is 0 Å². The van der Waals surface area contributed by atoms with Crippen molar-refractivity contribution in [3.8, 4) is 22.6 Å². The molecule has 0 saturated heterocycles. The highest BCUT2D eigenvalue weighted by atomic mass is 16.1. The van der Waals surface area contributed by atoms with Gasteiger partial charge in [-0.25, -0.2) is 4.98 Å². The van der Waals surface area contributed by atoms with Crippen molar-refractivity contribution in [1.82, 2.24) is 15.0 Å². The van der Waals surface area contributed by atoms with E-state index in [1.165, 1.54) is 5.56 Å².